The number of nitrogens with zero attached hydrogens (tertiary/aromatic N) is 2. The lowest BCUT2D eigenvalue weighted by atomic mass is 10.1. The number of rotatable bonds is 9. The maximum Gasteiger partial charge on any atom is 0.251 e. The highest BCUT2D eigenvalue weighted by atomic mass is 16.3. The summed E-state index contributed by atoms with van der Waals surface area (Å²) in [6, 6.07) is 15.8. The molecular weight excluding hydrogens is 390 g/mol. The smallest absolute Gasteiger partial charge is 0.251 e. The Morgan fingerprint density at radius 1 is 1.16 bits per heavy atom. The normalized spacial score (nSPS) is 17.1. The van der Waals surface area contributed by atoms with E-state index >= 15 is 0 Å². The minimum Gasteiger partial charge on any atom is -0.441 e. The quantitative estimate of drug-likeness (QED) is 0.517. The Labute approximate surface area is 183 Å². The van der Waals surface area contributed by atoms with E-state index in [1.165, 1.54) is 5.56 Å². The number of fused-ring (bicyclic) bond motifs is 1. The summed E-state index contributed by atoms with van der Waals surface area (Å²) in [5.74, 6) is 0.626. The number of oxazole rings is 1. The first-order valence-corrected chi connectivity index (χ1v) is 11.3. The van der Waals surface area contributed by atoms with Crippen LogP contribution in [0, 0.1) is 0 Å². The van der Waals surface area contributed by atoms with Gasteiger partial charge in [-0.15, -0.1) is 0 Å². The van der Waals surface area contributed by atoms with Gasteiger partial charge in [-0.25, -0.2) is 4.98 Å². The van der Waals surface area contributed by atoms with Crippen LogP contribution < -0.4 is 5.32 Å². The van der Waals surface area contributed by atoms with Crippen molar-refractivity contribution in [1.82, 2.24) is 15.2 Å². The van der Waals surface area contributed by atoms with E-state index in [2.05, 4.69) is 39.5 Å². The largest absolute Gasteiger partial charge is 0.441 e. The fraction of sp³-hybridized carbons (Fsp3) is 0.440. The number of benzene rings is 2. The van der Waals surface area contributed by atoms with Crippen molar-refractivity contribution in [3.63, 3.8) is 0 Å². The molecule has 0 aliphatic carbocycles. The van der Waals surface area contributed by atoms with Crippen molar-refractivity contribution < 1.29 is 14.3 Å². The average molecular weight is 422 g/mol. The van der Waals surface area contributed by atoms with Crippen LogP contribution in [-0.2, 0) is 12.8 Å². The van der Waals surface area contributed by atoms with Gasteiger partial charge in [-0.1, -0.05) is 30.3 Å². The Hall–Kier alpha value is -2.70. The molecule has 6 nitrogen and oxygen atoms in total. The summed E-state index contributed by atoms with van der Waals surface area (Å²) in [5.41, 5.74) is 3.36. The molecule has 0 bridgehead atoms. The van der Waals surface area contributed by atoms with Crippen LogP contribution in [0.15, 0.2) is 52.9 Å². The summed E-state index contributed by atoms with van der Waals surface area (Å²) < 4.78 is 5.85. The summed E-state index contributed by atoms with van der Waals surface area (Å²) >= 11 is 0. The van der Waals surface area contributed by atoms with Gasteiger partial charge < -0.3 is 19.7 Å². The molecule has 1 aromatic heterocycles. The number of nitrogens with one attached hydrogen (secondary N) is 1. The summed E-state index contributed by atoms with van der Waals surface area (Å²) in [6.45, 7) is 3.28. The Bertz CT molecular complexity index is 986. The summed E-state index contributed by atoms with van der Waals surface area (Å²) in [5, 5.41) is 12.7. The van der Waals surface area contributed by atoms with Crippen LogP contribution in [-0.4, -0.2) is 53.2 Å². The second-order valence-electron chi connectivity index (χ2n) is 8.34. The molecule has 1 aliphatic rings. The maximum absolute atomic E-state index is 12.5. The zero-order valence-electron chi connectivity index (χ0n) is 17.9. The predicted molar refractivity (Wildman–Crippen MR) is 121 cm³/mol. The fourth-order valence-corrected chi connectivity index (χ4v) is 4.15. The minimum atomic E-state index is -0.208. The van der Waals surface area contributed by atoms with Gasteiger partial charge >= 0.3 is 0 Å². The van der Waals surface area contributed by atoms with Gasteiger partial charge in [0, 0.05) is 25.1 Å². The van der Waals surface area contributed by atoms with E-state index < -0.39 is 0 Å². The Morgan fingerprint density at radius 3 is 2.87 bits per heavy atom. The number of aliphatic hydroxyl groups excluding tert-OH is 1. The first-order valence-electron chi connectivity index (χ1n) is 11.3. The fourth-order valence-electron chi connectivity index (χ4n) is 4.15. The lowest BCUT2D eigenvalue weighted by molar-refractivity contribution is 0.0697. The van der Waals surface area contributed by atoms with Gasteiger partial charge in [-0.2, -0.15) is 0 Å². The van der Waals surface area contributed by atoms with E-state index in [0.717, 1.165) is 69.3 Å². The van der Waals surface area contributed by atoms with Gasteiger partial charge in [0.15, 0.2) is 11.5 Å². The molecule has 0 radical (unpaired) electrons. The molecule has 1 aliphatic heterocycles. The molecule has 2 heterocycles. The van der Waals surface area contributed by atoms with E-state index in [1.54, 1.807) is 12.1 Å². The molecule has 4 rings (SSSR count). The molecule has 31 heavy (non-hydrogen) atoms. The average Bonchev–Trinajstić information content (AvgIpc) is 3.19. The van der Waals surface area contributed by atoms with Crippen molar-refractivity contribution in [2.45, 2.75) is 44.6 Å². The van der Waals surface area contributed by atoms with Gasteiger partial charge in [-0.05, 0) is 69.0 Å². The van der Waals surface area contributed by atoms with Gasteiger partial charge in [0.1, 0.15) is 5.52 Å². The molecule has 1 fully saturated rings. The number of carbonyl (C=O) groups is 1. The highest BCUT2D eigenvalue weighted by Crippen LogP contribution is 2.19. The Balaban J connectivity index is 1.24. The number of aryl methyl sites for hydroxylation is 2. The topological polar surface area (TPSA) is 78.6 Å². The monoisotopic (exact) mass is 421 g/mol. The van der Waals surface area contributed by atoms with E-state index in [0.29, 0.717) is 18.0 Å². The standard InChI is InChI=1S/C25H31N3O3/c29-21-10-5-15-28(18-21)16-6-14-26-25(30)20-12-13-23-22(17-20)27-24(31-23)11-4-9-19-7-2-1-3-8-19/h1-3,7-8,12-13,17,21,29H,4-6,9-11,14-16,18H2,(H,26,30)/t21-/m0/s1. The van der Waals surface area contributed by atoms with Crippen molar-refractivity contribution in [3.05, 3.63) is 65.5 Å². The van der Waals surface area contributed by atoms with Gasteiger partial charge in [0.2, 0.25) is 0 Å². The van der Waals surface area contributed by atoms with Crippen LogP contribution in [0.2, 0.25) is 0 Å². The minimum absolute atomic E-state index is 0.0887. The summed E-state index contributed by atoms with van der Waals surface area (Å²) in [4.78, 5) is 19.3. The third-order valence-electron chi connectivity index (χ3n) is 5.81. The first-order chi connectivity index (χ1) is 15.2. The number of aromatic nitrogens is 1. The SMILES string of the molecule is O=C(NCCCN1CCC[C@H](O)C1)c1ccc2oc(CCCc3ccccc3)nc2c1. The van der Waals surface area contributed by atoms with E-state index in [9.17, 15) is 9.90 Å². The number of aliphatic hydroxyl groups is 1. The highest BCUT2D eigenvalue weighted by molar-refractivity contribution is 5.97. The molecule has 1 amide bonds. The van der Waals surface area contributed by atoms with E-state index in [1.807, 2.05) is 12.1 Å². The van der Waals surface area contributed by atoms with Crippen LogP contribution >= 0.6 is 0 Å². The molecule has 1 atom stereocenters. The lowest BCUT2D eigenvalue weighted by Crippen LogP contribution is -2.39. The van der Waals surface area contributed by atoms with Crippen LogP contribution in [0.3, 0.4) is 0 Å². The molecular formula is C25H31N3O3. The summed E-state index contributed by atoms with van der Waals surface area (Å²) in [7, 11) is 0. The number of β-amino-alcohol motifs (C(OH)–C–C–N with tert-alkyl or cyclic N) is 1. The number of piperidine rings is 1. The molecule has 164 valence electrons. The third kappa shape index (κ3) is 6.15. The second kappa shape index (κ2) is 10.6. The van der Waals surface area contributed by atoms with Crippen LogP contribution in [0.25, 0.3) is 11.1 Å². The van der Waals surface area contributed by atoms with Crippen molar-refractivity contribution in [2.75, 3.05) is 26.2 Å². The number of hydrogen-bond donors (Lipinski definition) is 2. The molecule has 3 aromatic rings. The van der Waals surface area contributed by atoms with Crippen molar-refractivity contribution in [1.29, 1.82) is 0 Å². The van der Waals surface area contributed by atoms with E-state index in [-0.39, 0.29) is 12.0 Å². The van der Waals surface area contributed by atoms with Crippen molar-refractivity contribution in [2.24, 2.45) is 0 Å². The zero-order valence-corrected chi connectivity index (χ0v) is 17.9. The Morgan fingerprint density at radius 2 is 2.03 bits per heavy atom. The van der Waals surface area contributed by atoms with Gasteiger partial charge in [0.25, 0.3) is 5.91 Å². The zero-order chi connectivity index (χ0) is 21.5. The maximum atomic E-state index is 12.5. The molecule has 0 unspecified atom stereocenters. The highest BCUT2D eigenvalue weighted by Gasteiger charge is 2.17. The third-order valence-corrected chi connectivity index (χ3v) is 5.81. The van der Waals surface area contributed by atoms with E-state index in [4.69, 9.17) is 4.42 Å². The molecule has 0 saturated carbocycles. The van der Waals surface area contributed by atoms with Gasteiger partial charge in [0.05, 0.1) is 6.10 Å². The number of carbonyl (C=O) groups excluding carboxylic acids is 1. The molecule has 0 spiro atoms. The molecule has 2 N–H and O–H groups in total. The second-order valence-corrected chi connectivity index (χ2v) is 8.34. The van der Waals surface area contributed by atoms with Crippen LogP contribution in [0.5, 0.6) is 0 Å². The number of likely N-dealkylation sites (tertiary alicyclic amines) is 1. The predicted octanol–water partition coefficient (Wildman–Crippen LogP) is 3.58. The van der Waals surface area contributed by atoms with Crippen LogP contribution in [0.1, 0.15) is 47.5 Å². The Kier molecular flexibility index (Phi) is 7.33. The number of hydrogen-bond acceptors (Lipinski definition) is 5. The van der Waals surface area contributed by atoms with Crippen molar-refractivity contribution in [3.8, 4) is 0 Å². The first kappa shape index (κ1) is 21.5. The van der Waals surface area contributed by atoms with Crippen LogP contribution in [0.4, 0.5) is 0 Å². The molecule has 1 saturated heterocycles. The summed E-state index contributed by atoms with van der Waals surface area (Å²) in [6.07, 6.45) is 5.33. The lowest BCUT2D eigenvalue weighted by Gasteiger charge is -2.29. The number of amides is 1. The van der Waals surface area contributed by atoms with Gasteiger partial charge in [-0.3, -0.25) is 4.79 Å². The van der Waals surface area contributed by atoms with Crippen molar-refractivity contribution >= 4 is 17.0 Å². The molecule has 2 aromatic carbocycles. The molecule has 6 heteroatoms.